The minimum Gasteiger partial charge on any atom is -0.349 e. The van der Waals surface area contributed by atoms with E-state index in [-0.39, 0.29) is 15.9 Å². The van der Waals surface area contributed by atoms with Crippen molar-refractivity contribution in [1.29, 1.82) is 0 Å². The highest BCUT2D eigenvalue weighted by Crippen LogP contribution is 2.35. The van der Waals surface area contributed by atoms with Gasteiger partial charge in [0.05, 0.1) is 0 Å². The number of rotatable bonds is 2. The van der Waals surface area contributed by atoms with Crippen molar-refractivity contribution in [2.75, 3.05) is 0 Å². The fourth-order valence-electron chi connectivity index (χ4n) is 2.56. The van der Waals surface area contributed by atoms with E-state index in [9.17, 15) is 13.6 Å². The highest BCUT2D eigenvalue weighted by Gasteiger charge is 2.29. The molecule has 0 heterocycles. The van der Waals surface area contributed by atoms with Crippen LogP contribution in [-0.2, 0) is 0 Å². The Bertz CT molecular complexity index is 498. The maximum absolute atomic E-state index is 13.7. The second kappa shape index (κ2) is 5.80. The number of amides is 1. The Balaban J connectivity index is 2.06. The molecule has 5 heteroatoms. The van der Waals surface area contributed by atoms with E-state index in [2.05, 4.69) is 35.1 Å². The molecule has 0 spiro atoms. The lowest BCUT2D eigenvalue weighted by Gasteiger charge is -2.34. The fourth-order valence-corrected chi connectivity index (χ4v) is 2.96. The second-order valence-electron chi connectivity index (χ2n) is 6.16. The Morgan fingerprint density at radius 3 is 2.25 bits per heavy atom. The van der Waals surface area contributed by atoms with Crippen LogP contribution in [0, 0.1) is 17.0 Å². The van der Waals surface area contributed by atoms with Crippen molar-refractivity contribution in [2.45, 2.75) is 45.6 Å². The van der Waals surface area contributed by atoms with Crippen LogP contribution in [0.25, 0.3) is 0 Å². The molecule has 1 aromatic rings. The van der Waals surface area contributed by atoms with E-state index in [1.54, 1.807) is 0 Å². The Hall–Kier alpha value is -0.970. The van der Waals surface area contributed by atoms with Gasteiger partial charge in [-0.15, -0.1) is 0 Å². The predicted octanol–water partition coefficient (Wildman–Crippen LogP) is 4.43. The van der Waals surface area contributed by atoms with E-state index >= 15 is 0 Å². The third kappa shape index (κ3) is 3.57. The fraction of sp³-hybridized carbons (Fsp3) is 0.533. The van der Waals surface area contributed by atoms with Crippen molar-refractivity contribution in [2.24, 2.45) is 5.41 Å². The van der Waals surface area contributed by atoms with E-state index in [0.29, 0.717) is 0 Å². The van der Waals surface area contributed by atoms with Crippen molar-refractivity contribution in [1.82, 2.24) is 5.32 Å². The van der Waals surface area contributed by atoms with E-state index < -0.39 is 23.1 Å². The standard InChI is InChI=1S/C15H18BrF2NO/c1-15(2)5-3-10(4-6-15)19-14(20)13-11(17)7-9(16)8-12(13)18/h7-8,10H,3-6H2,1-2H3,(H,19,20). The van der Waals surface area contributed by atoms with Gasteiger partial charge in [0.25, 0.3) is 5.91 Å². The van der Waals surface area contributed by atoms with E-state index in [1.807, 2.05) is 0 Å². The van der Waals surface area contributed by atoms with Crippen molar-refractivity contribution in [3.8, 4) is 0 Å². The summed E-state index contributed by atoms with van der Waals surface area (Å²) >= 11 is 3.00. The van der Waals surface area contributed by atoms with Gasteiger partial charge >= 0.3 is 0 Å². The maximum Gasteiger partial charge on any atom is 0.257 e. The molecule has 2 nitrogen and oxygen atoms in total. The van der Waals surface area contributed by atoms with E-state index in [1.165, 1.54) is 0 Å². The number of hydrogen-bond donors (Lipinski definition) is 1. The summed E-state index contributed by atoms with van der Waals surface area (Å²) < 4.78 is 27.7. The lowest BCUT2D eigenvalue weighted by atomic mass is 9.75. The number of nitrogens with one attached hydrogen (secondary N) is 1. The van der Waals surface area contributed by atoms with Gasteiger partial charge in [-0.05, 0) is 43.2 Å². The Kier molecular flexibility index (Phi) is 4.47. The Labute approximate surface area is 126 Å². The van der Waals surface area contributed by atoms with Crippen LogP contribution in [0.15, 0.2) is 16.6 Å². The van der Waals surface area contributed by atoms with Gasteiger partial charge in [-0.2, -0.15) is 0 Å². The van der Waals surface area contributed by atoms with Crippen LogP contribution in [0.4, 0.5) is 8.78 Å². The number of hydrogen-bond acceptors (Lipinski definition) is 1. The molecule has 0 aliphatic heterocycles. The van der Waals surface area contributed by atoms with Crippen LogP contribution in [0.2, 0.25) is 0 Å². The largest absolute Gasteiger partial charge is 0.349 e. The highest BCUT2D eigenvalue weighted by molar-refractivity contribution is 9.10. The number of carbonyl (C=O) groups excluding carboxylic acids is 1. The minimum absolute atomic E-state index is 0.00188. The molecule has 1 amide bonds. The molecular formula is C15H18BrF2NO. The molecule has 110 valence electrons. The molecule has 0 radical (unpaired) electrons. The summed E-state index contributed by atoms with van der Waals surface area (Å²) in [4.78, 5) is 12.0. The van der Waals surface area contributed by atoms with Gasteiger partial charge in [0.15, 0.2) is 0 Å². The van der Waals surface area contributed by atoms with Crippen molar-refractivity contribution >= 4 is 21.8 Å². The van der Waals surface area contributed by atoms with Crippen LogP contribution in [0.5, 0.6) is 0 Å². The van der Waals surface area contributed by atoms with Gasteiger partial charge in [0.2, 0.25) is 0 Å². The van der Waals surface area contributed by atoms with Crippen molar-refractivity contribution in [3.05, 3.63) is 33.8 Å². The topological polar surface area (TPSA) is 29.1 Å². The summed E-state index contributed by atoms with van der Waals surface area (Å²) in [5, 5.41) is 2.74. The van der Waals surface area contributed by atoms with Crippen LogP contribution < -0.4 is 5.32 Å². The average molecular weight is 346 g/mol. The van der Waals surface area contributed by atoms with Crippen molar-refractivity contribution in [3.63, 3.8) is 0 Å². The molecule has 1 N–H and O–H groups in total. The van der Waals surface area contributed by atoms with E-state index in [0.717, 1.165) is 37.8 Å². The molecule has 0 aromatic heterocycles. The summed E-state index contributed by atoms with van der Waals surface area (Å²) in [6.45, 7) is 4.39. The van der Waals surface area contributed by atoms with Gasteiger partial charge in [0.1, 0.15) is 17.2 Å². The van der Waals surface area contributed by atoms with Gasteiger partial charge in [-0.25, -0.2) is 8.78 Å². The summed E-state index contributed by atoms with van der Waals surface area (Å²) in [5.41, 5.74) is -0.215. The van der Waals surface area contributed by atoms with Gasteiger partial charge in [-0.1, -0.05) is 29.8 Å². The van der Waals surface area contributed by atoms with Crippen LogP contribution in [0.3, 0.4) is 0 Å². The van der Waals surface area contributed by atoms with Crippen LogP contribution >= 0.6 is 15.9 Å². The van der Waals surface area contributed by atoms with Crippen LogP contribution in [0.1, 0.15) is 49.9 Å². The molecule has 20 heavy (non-hydrogen) atoms. The molecule has 1 aliphatic carbocycles. The average Bonchev–Trinajstić information content (AvgIpc) is 2.30. The summed E-state index contributed by atoms with van der Waals surface area (Å²) in [5.74, 6) is -2.35. The smallest absolute Gasteiger partial charge is 0.257 e. The summed E-state index contributed by atoms with van der Waals surface area (Å²) in [6, 6.07) is 2.20. The summed E-state index contributed by atoms with van der Waals surface area (Å²) in [6.07, 6.45) is 3.70. The minimum atomic E-state index is -0.842. The first-order valence-electron chi connectivity index (χ1n) is 6.74. The van der Waals surface area contributed by atoms with Crippen molar-refractivity contribution < 1.29 is 13.6 Å². The Morgan fingerprint density at radius 2 is 1.75 bits per heavy atom. The van der Waals surface area contributed by atoms with Gasteiger partial charge in [-0.3, -0.25) is 4.79 Å². The SMILES string of the molecule is CC1(C)CCC(NC(=O)c2c(F)cc(Br)cc2F)CC1. The zero-order valence-corrected chi connectivity index (χ0v) is 13.2. The molecule has 0 saturated heterocycles. The number of benzene rings is 1. The van der Waals surface area contributed by atoms with Gasteiger partial charge < -0.3 is 5.32 Å². The number of halogens is 3. The molecule has 1 aliphatic rings. The van der Waals surface area contributed by atoms with E-state index in [4.69, 9.17) is 0 Å². The maximum atomic E-state index is 13.7. The predicted molar refractivity (Wildman–Crippen MR) is 77.6 cm³/mol. The first kappa shape index (κ1) is 15.4. The summed E-state index contributed by atoms with van der Waals surface area (Å²) in [7, 11) is 0. The molecule has 0 unspecified atom stereocenters. The lowest BCUT2D eigenvalue weighted by molar-refractivity contribution is 0.0900. The molecular weight excluding hydrogens is 328 g/mol. The quantitative estimate of drug-likeness (QED) is 0.844. The molecule has 1 saturated carbocycles. The van der Waals surface area contributed by atoms with Gasteiger partial charge in [0, 0.05) is 10.5 Å². The molecule has 2 rings (SSSR count). The normalized spacial score (nSPS) is 18.9. The molecule has 1 aromatic carbocycles. The lowest BCUT2D eigenvalue weighted by Crippen LogP contribution is -2.39. The first-order valence-corrected chi connectivity index (χ1v) is 7.53. The monoisotopic (exact) mass is 345 g/mol. The second-order valence-corrected chi connectivity index (χ2v) is 7.07. The molecule has 0 bridgehead atoms. The third-order valence-corrected chi connectivity index (χ3v) is 4.37. The van der Waals surface area contributed by atoms with Crippen LogP contribution in [-0.4, -0.2) is 11.9 Å². The number of carbonyl (C=O) groups is 1. The molecule has 1 fully saturated rings. The third-order valence-electron chi connectivity index (χ3n) is 3.91. The zero-order valence-electron chi connectivity index (χ0n) is 11.6. The molecule has 0 atom stereocenters. The zero-order chi connectivity index (χ0) is 14.9. The first-order chi connectivity index (χ1) is 9.28. The highest BCUT2D eigenvalue weighted by atomic mass is 79.9. The Morgan fingerprint density at radius 1 is 1.25 bits per heavy atom.